The number of allylic oxidation sites excluding steroid dienone is 4. The highest BCUT2D eigenvalue weighted by atomic mass is 16.5. The molecule has 2 N–H and O–H groups in total. The van der Waals surface area contributed by atoms with Crippen LogP contribution >= 0.6 is 0 Å². The number of methoxy groups -OCH3 is 1. The molecule has 2 aliphatic heterocycles. The first kappa shape index (κ1) is 30.4. The normalized spacial score (nSPS) is 19.6. The number of carbonyl (C=O) groups is 1. The number of rotatable bonds is 13. The van der Waals surface area contributed by atoms with E-state index < -0.39 is 0 Å². The third-order valence-corrected chi connectivity index (χ3v) is 7.78. The molecule has 3 aliphatic rings. The topological polar surface area (TPSA) is 87.7 Å². The number of piperazine rings is 1. The monoisotopic (exact) mass is 563 g/mol. The third kappa shape index (κ3) is 8.96. The van der Waals surface area contributed by atoms with Crippen LogP contribution in [0.4, 0.5) is 10.5 Å². The molecule has 0 saturated carbocycles. The van der Waals surface area contributed by atoms with Crippen molar-refractivity contribution in [2.45, 2.75) is 33.1 Å². The van der Waals surface area contributed by atoms with Gasteiger partial charge in [-0.1, -0.05) is 19.9 Å². The molecule has 1 aromatic rings. The number of aliphatic imine (C=N–C) groups is 1. The highest BCUT2D eigenvalue weighted by molar-refractivity contribution is 5.89. The van der Waals surface area contributed by atoms with Gasteiger partial charge in [-0.2, -0.15) is 0 Å². The molecule has 2 heterocycles. The molecular formula is C32H45N5O4. The van der Waals surface area contributed by atoms with Gasteiger partial charge in [0.1, 0.15) is 17.3 Å². The molecule has 9 heteroatoms. The molecule has 9 nitrogen and oxygen atoms in total. The van der Waals surface area contributed by atoms with Crippen LogP contribution < -0.4 is 15.4 Å². The Kier molecular flexibility index (Phi) is 10.7. The van der Waals surface area contributed by atoms with E-state index >= 15 is 0 Å². The van der Waals surface area contributed by atoms with Gasteiger partial charge in [-0.3, -0.25) is 4.99 Å². The van der Waals surface area contributed by atoms with E-state index in [0.717, 1.165) is 68.5 Å². The second kappa shape index (κ2) is 14.4. The first-order valence-electron chi connectivity index (χ1n) is 14.5. The van der Waals surface area contributed by atoms with Gasteiger partial charge in [0.15, 0.2) is 5.76 Å². The number of amides is 2. The number of carbonyl (C=O) groups excluding carboxylic acids is 1. The quantitative estimate of drug-likeness (QED) is 0.254. The first-order valence-corrected chi connectivity index (χ1v) is 14.5. The van der Waals surface area contributed by atoms with Crippen LogP contribution in [0.5, 0.6) is 5.75 Å². The highest BCUT2D eigenvalue weighted by Gasteiger charge is 2.31. The summed E-state index contributed by atoms with van der Waals surface area (Å²) in [6, 6.07) is 7.10. The van der Waals surface area contributed by atoms with Crippen LogP contribution in [0, 0.1) is 11.3 Å². The second-order valence-corrected chi connectivity index (χ2v) is 11.5. The van der Waals surface area contributed by atoms with E-state index in [1.807, 2.05) is 42.5 Å². The van der Waals surface area contributed by atoms with Crippen molar-refractivity contribution >= 4 is 17.9 Å². The molecule has 1 fully saturated rings. The van der Waals surface area contributed by atoms with Crippen LogP contribution in [0.15, 0.2) is 77.0 Å². The van der Waals surface area contributed by atoms with E-state index in [0.29, 0.717) is 31.0 Å². The van der Waals surface area contributed by atoms with Crippen molar-refractivity contribution < 1.29 is 19.0 Å². The zero-order chi connectivity index (χ0) is 29.2. The average Bonchev–Trinajstić information content (AvgIpc) is 2.97. The predicted octanol–water partition coefficient (Wildman–Crippen LogP) is 5.17. The molecule has 2 amide bonds. The smallest absolute Gasteiger partial charge is 0.319 e. The van der Waals surface area contributed by atoms with Crippen LogP contribution in [0.25, 0.3) is 0 Å². The van der Waals surface area contributed by atoms with Gasteiger partial charge in [-0.05, 0) is 55.6 Å². The fourth-order valence-electron chi connectivity index (χ4n) is 4.86. The van der Waals surface area contributed by atoms with Crippen molar-refractivity contribution in [3.63, 3.8) is 0 Å². The van der Waals surface area contributed by atoms with E-state index in [4.69, 9.17) is 14.2 Å². The number of likely N-dealkylation sites (N-methyl/N-ethyl adjacent to an activating group) is 1. The number of nitrogens with zero attached hydrogens (tertiary/aromatic N) is 3. The summed E-state index contributed by atoms with van der Waals surface area (Å²) in [5.74, 6) is 2.96. The lowest BCUT2D eigenvalue weighted by Gasteiger charge is -2.32. The van der Waals surface area contributed by atoms with Gasteiger partial charge >= 0.3 is 6.03 Å². The van der Waals surface area contributed by atoms with Gasteiger partial charge in [-0.25, -0.2) is 4.79 Å². The van der Waals surface area contributed by atoms with E-state index in [9.17, 15) is 4.79 Å². The predicted molar refractivity (Wildman–Crippen MR) is 164 cm³/mol. The lowest BCUT2D eigenvalue weighted by atomic mass is 9.90. The van der Waals surface area contributed by atoms with Gasteiger partial charge in [0.05, 0.1) is 25.3 Å². The Morgan fingerprint density at radius 3 is 2.66 bits per heavy atom. The molecule has 1 unspecified atom stereocenters. The summed E-state index contributed by atoms with van der Waals surface area (Å²) in [5.41, 5.74) is 1.57. The molecule has 1 aliphatic carbocycles. The summed E-state index contributed by atoms with van der Waals surface area (Å²) < 4.78 is 18.1. The van der Waals surface area contributed by atoms with Crippen LogP contribution in [0.3, 0.4) is 0 Å². The largest absolute Gasteiger partial charge is 0.497 e. The Morgan fingerprint density at radius 1 is 1.20 bits per heavy atom. The van der Waals surface area contributed by atoms with Gasteiger partial charge < -0.3 is 34.6 Å². The first-order chi connectivity index (χ1) is 19.8. The average molecular weight is 564 g/mol. The highest BCUT2D eigenvalue weighted by Crippen LogP contribution is 2.38. The Balaban J connectivity index is 1.26. The molecule has 0 aromatic heterocycles. The zero-order valence-corrected chi connectivity index (χ0v) is 24.9. The lowest BCUT2D eigenvalue weighted by Crippen LogP contribution is -2.44. The molecule has 222 valence electrons. The maximum atomic E-state index is 12.3. The van der Waals surface area contributed by atoms with Gasteiger partial charge in [0, 0.05) is 63.7 Å². The van der Waals surface area contributed by atoms with Crippen molar-refractivity contribution in [2.24, 2.45) is 16.3 Å². The zero-order valence-electron chi connectivity index (χ0n) is 24.9. The summed E-state index contributed by atoms with van der Waals surface area (Å²) in [6.07, 6.45) is 9.92. The Morgan fingerprint density at radius 2 is 1.95 bits per heavy atom. The number of benzene rings is 1. The van der Waals surface area contributed by atoms with E-state index in [2.05, 4.69) is 52.9 Å². The minimum atomic E-state index is -0.238. The summed E-state index contributed by atoms with van der Waals surface area (Å²) in [6.45, 7) is 14.7. The summed E-state index contributed by atoms with van der Waals surface area (Å²) in [5, 5.41) is 5.75. The molecule has 0 bridgehead atoms. The molecule has 1 aromatic carbocycles. The fraction of sp³-hybridized carbons (Fsp3) is 0.500. The minimum absolute atomic E-state index is 0.0168. The van der Waals surface area contributed by atoms with Crippen LogP contribution in [0.2, 0.25) is 0 Å². The van der Waals surface area contributed by atoms with E-state index in [1.165, 1.54) is 0 Å². The number of ether oxygens (including phenoxy) is 3. The maximum Gasteiger partial charge on any atom is 0.319 e. The van der Waals surface area contributed by atoms with Crippen molar-refractivity contribution in [2.75, 3.05) is 65.3 Å². The Labute approximate surface area is 244 Å². The van der Waals surface area contributed by atoms with Gasteiger partial charge in [0.25, 0.3) is 0 Å². The molecule has 0 radical (unpaired) electrons. The van der Waals surface area contributed by atoms with E-state index in [-0.39, 0.29) is 17.4 Å². The summed E-state index contributed by atoms with van der Waals surface area (Å²) in [4.78, 5) is 21.7. The van der Waals surface area contributed by atoms with Gasteiger partial charge in [0.2, 0.25) is 0 Å². The van der Waals surface area contributed by atoms with Crippen molar-refractivity contribution in [3.05, 3.63) is 72.0 Å². The van der Waals surface area contributed by atoms with Crippen molar-refractivity contribution in [3.8, 4) is 5.75 Å². The third-order valence-electron chi connectivity index (χ3n) is 7.78. The SMILES string of the molecule is C=CC(C)(C)CCNC(=O)Nc1ccc(OC2=CC=NC3=CC(OCCCN4CCN(C)CC4)=C(OC)CC32)cc1. The van der Waals surface area contributed by atoms with Gasteiger partial charge in [-0.15, -0.1) is 6.58 Å². The molecular weight excluding hydrogens is 518 g/mol. The number of anilines is 1. The number of dihydropyridines is 1. The number of nitrogens with one attached hydrogen (secondary N) is 2. The maximum absolute atomic E-state index is 12.3. The summed E-state index contributed by atoms with van der Waals surface area (Å²) in [7, 11) is 3.85. The van der Waals surface area contributed by atoms with E-state index in [1.54, 1.807) is 13.3 Å². The van der Waals surface area contributed by atoms with Crippen LogP contribution in [-0.2, 0) is 9.47 Å². The fourth-order valence-corrected chi connectivity index (χ4v) is 4.86. The minimum Gasteiger partial charge on any atom is -0.497 e. The summed E-state index contributed by atoms with van der Waals surface area (Å²) >= 11 is 0. The number of fused-ring (bicyclic) bond motifs is 1. The van der Waals surface area contributed by atoms with Crippen LogP contribution in [0.1, 0.15) is 33.1 Å². The number of urea groups is 1. The second-order valence-electron chi connectivity index (χ2n) is 11.5. The Bertz CT molecular complexity index is 1180. The molecule has 41 heavy (non-hydrogen) atoms. The number of hydrogen-bond donors (Lipinski definition) is 2. The standard InChI is InChI=1S/C32H45N5O4/c1-6-32(2,3)13-15-34-31(38)35-24-8-10-25(11-9-24)41-28-12-14-33-27-23-30(29(39-5)22-26(27)28)40-21-7-16-37-19-17-36(4)18-20-37/h6,8-12,14,23,26H,1,7,13,15-22H2,2-5H3,(H2,34,35,38). The molecule has 0 spiro atoms. The van der Waals surface area contributed by atoms with Crippen molar-refractivity contribution in [1.82, 2.24) is 15.1 Å². The molecule has 4 rings (SSSR count). The Hall–Kier alpha value is -3.56. The lowest BCUT2D eigenvalue weighted by molar-refractivity contribution is 0.129. The molecule has 1 atom stereocenters. The number of hydrogen-bond acceptors (Lipinski definition) is 7. The van der Waals surface area contributed by atoms with Crippen LogP contribution in [-0.4, -0.2) is 82.1 Å². The van der Waals surface area contributed by atoms with Crippen molar-refractivity contribution in [1.29, 1.82) is 0 Å². The molecule has 1 saturated heterocycles.